The van der Waals surface area contributed by atoms with E-state index in [1.807, 2.05) is 0 Å². The predicted molar refractivity (Wildman–Crippen MR) is 206 cm³/mol. The van der Waals surface area contributed by atoms with E-state index in [4.69, 9.17) is 4.74 Å². The molecule has 0 aromatic heterocycles. The molecule has 4 atom stereocenters. The van der Waals surface area contributed by atoms with Crippen LogP contribution in [0.5, 0.6) is 0 Å². The van der Waals surface area contributed by atoms with E-state index in [9.17, 15) is 4.79 Å². The summed E-state index contributed by atoms with van der Waals surface area (Å²) in [4.78, 5) is 14.3. The Kier molecular flexibility index (Phi) is 10.1. The van der Waals surface area contributed by atoms with Gasteiger partial charge in [0.2, 0.25) is 0 Å². The second-order valence-corrected chi connectivity index (χ2v) is 33.6. The molecule has 0 spiro atoms. The summed E-state index contributed by atoms with van der Waals surface area (Å²) < 4.78 is 8.21. The van der Waals surface area contributed by atoms with Gasteiger partial charge in [0.05, 0.1) is 0 Å². The summed E-state index contributed by atoms with van der Waals surface area (Å²) in [7, 11) is 0.848. The first-order chi connectivity index (χ1) is 20.8. The maximum atomic E-state index is 14.3. The SMILES string of the molecule is COC(=O)C1[CH2][Ge]([c]2c(C(C)C)cc(C(C)C)cc2C(C)C)([C](C)(C)C)[CH]2CC(C)(C)c3cc(C(C)(C)C)cc(C(C)(C)C)c3P12. The molecule has 2 aliphatic rings. The van der Waals surface area contributed by atoms with Gasteiger partial charge in [-0.1, -0.05) is 0 Å². The first-order valence-electron chi connectivity index (χ1n) is 18.0. The van der Waals surface area contributed by atoms with Crippen LogP contribution in [0.25, 0.3) is 0 Å². The van der Waals surface area contributed by atoms with E-state index in [1.165, 1.54) is 22.3 Å². The molecule has 0 saturated carbocycles. The van der Waals surface area contributed by atoms with Crippen molar-refractivity contribution in [2.45, 2.75) is 178 Å². The second kappa shape index (κ2) is 12.3. The Morgan fingerprint density at radius 2 is 1.35 bits per heavy atom. The van der Waals surface area contributed by atoms with Crippen molar-refractivity contribution in [1.29, 1.82) is 0 Å². The van der Waals surface area contributed by atoms with Crippen molar-refractivity contribution in [3.05, 3.63) is 57.6 Å². The molecule has 256 valence electrons. The van der Waals surface area contributed by atoms with Gasteiger partial charge in [0.25, 0.3) is 0 Å². The number of methoxy groups -OCH3 is 1. The Morgan fingerprint density at radius 3 is 1.74 bits per heavy atom. The molecule has 2 nitrogen and oxygen atoms in total. The molecule has 46 heavy (non-hydrogen) atoms. The van der Waals surface area contributed by atoms with Crippen LogP contribution >= 0.6 is 7.92 Å². The van der Waals surface area contributed by atoms with E-state index in [-0.39, 0.29) is 32.1 Å². The van der Waals surface area contributed by atoms with Gasteiger partial charge in [0.1, 0.15) is 0 Å². The zero-order valence-electron chi connectivity index (χ0n) is 32.9. The topological polar surface area (TPSA) is 26.3 Å². The van der Waals surface area contributed by atoms with Crippen molar-refractivity contribution in [3.63, 3.8) is 0 Å². The van der Waals surface area contributed by atoms with Gasteiger partial charge in [-0.3, -0.25) is 0 Å². The van der Waals surface area contributed by atoms with E-state index in [0.717, 1.165) is 11.7 Å². The third-order valence-corrected chi connectivity index (χ3v) is 33.0. The monoisotopic (exact) mass is 708 g/mol. The average Bonchev–Trinajstić information content (AvgIpc) is 3.25. The van der Waals surface area contributed by atoms with Crippen molar-refractivity contribution in [2.24, 2.45) is 0 Å². The fourth-order valence-corrected chi connectivity index (χ4v) is 37.6. The summed E-state index contributed by atoms with van der Waals surface area (Å²) >= 11 is -3.24. The Labute approximate surface area is 287 Å². The first kappa shape index (κ1) is 37.7. The molecule has 2 aliphatic heterocycles. The zero-order chi connectivity index (χ0) is 35.1. The molecule has 0 radical (unpaired) electrons. The summed E-state index contributed by atoms with van der Waals surface area (Å²) in [5, 5.41) is 2.59. The number of ether oxygens (including phenoxy) is 1. The van der Waals surface area contributed by atoms with Gasteiger partial charge >= 0.3 is 289 Å². The van der Waals surface area contributed by atoms with Crippen LogP contribution in [0.3, 0.4) is 0 Å². The predicted octanol–water partition coefficient (Wildman–Crippen LogP) is 11.1. The van der Waals surface area contributed by atoms with Crippen LogP contribution in [0.1, 0.15) is 175 Å². The molecule has 2 aromatic rings. The van der Waals surface area contributed by atoms with Crippen LogP contribution in [0, 0.1) is 0 Å². The molecule has 0 N–H and O–H groups in total. The molecular weight excluding hydrogens is 640 g/mol. The van der Waals surface area contributed by atoms with Crippen LogP contribution in [0.4, 0.5) is 0 Å². The molecule has 4 rings (SSSR count). The van der Waals surface area contributed by atoms with Crippen molar-refractivity contribution in [1.82, 2.24) is 0 Å². The number of rotatable bonds is 5. The summed E-state index contributed by atoms with van der Waals surface area (Å²) in [5.41, 5.74) is 9.01. The third-order valence-electron chi connectivity index (χ3n) is 11.6. The van der Waals surface area contributed by atoms with Gasteiger partial charge in [0, 0.05) is 0 Å². The number of hydrogen-bond acceptors (Lipinski definition) is 2. The van der Waals surface area contributed by atoms with Gasteiger partial charge in [-0.2, -0.15) is 0 Å². The summed E-state index contributed by atoms with van der Waals surface area (Å²) in [6, 6.07) is 10.3. The van der Waals surface area contributed by atoms with Crippen molar-refractivity contribution >= 4 is 36.9 Å². The number of benzene rings is 2. The third kappa shape index (κ3) is 6.23. The molecule has 1 saturated heterocycles. The van der Waals surface area contributed by atoms with Gasteiger partial charge in [-0.05, 0) is 0 Å². The van der Waals surface area contributed by atoms with Crippen LogP contribution in [0.2, 0.25) is 9.50 Å². The summed E-state index contributed by atoms with van der Waals surface area (Å²) in [6.45, 7) is 41.2. The minimum atomic E-state index is -3.24. The van der Waals surface area contributed by atoms with Crippen molar-refractivity contribution < 1.29 is 9.53 Å². The van der Waals surface area contributed by atoms with E-state index in [1.54, 1.807) is 27.9 Å². The number of carbonyl (C=O) groups is 1. The standard InChI is InChI=1S/C42H67GeO2P/c1-25(2)28-19-30(26(3)4)36(31(20-28)27(5)6)43(41(13,14)15)24-34(38(44)45-18)46-35(43)23-42(16,17)33-22-29(39(7,8)9)21-32(37(33)46)40(10,11)12/h19-22,25-27,34-35H,23-24H2,1-18H3. The maximum absolute atomic E-state index is 14.3. The number of fused-ring (bicyclic) bond motifs is 3. The Morgan fingerprint density at radius 1 is 0.826 bits per heavy atom. The normalized spacial score (nSPS) is 24.8. The summed E-state index contributed by atoms with van der Waals surface area (Å²) in [6.07, 6.45) is 1.16. The van der Waals surface area contributed by atoms with E-state index >= 15 is 0 Å². The fourth-order valence-electron chi connectivity index (χ4n) is 8.86. The second-order valence-electron chi connectivity index (χ2n) is 19.4. The van der Waals surface area contributed by atoms with E-state index in [2.05, 4.69) is 142 Å². The Hall–Kier alpha value is -1.12. The van der Waals surface area contributed by atoms with Gasteiger partial charge in [0.15, 0.2) is 0 Å². The van der Waals surface area contributed by atoms with Crippen molar-refractivity contribution in [3.8, 4) is 0 Å². The number of carbonyl (C=O) groups excluding carboxylic acids is 1. The van der Waals surface area contributed by atoms with Crippen LogP contribution in [-0.4, -0.2) is 36.5 Å². The Balaban J connectivity index is 2.25. The first-order valence-corrected chi connectivity index (χ1v) is 24.3. The van der Waals surface area contributed by atoms with E-state index < -0.39 is 21.2 Å². The minimum absolute atomic E-state index is 0.0146. The molecule has 0 bridgehead atoms. The molecule has 4 unspecified atom stereocenters. The molecule has 1 fully saturated rings. The molecule has 0 amide bonds. The Bertz CT molecular complexity index is 1430. The molecule has 0 aliphatic carbocycles. The summed E-state index contributed by atoms with van der Waals surface area (Å²) in [5.74, 6) is 1.39. The number of esters is 1. The van der Waals surface area contributed by atoms with Gasteiger partial charge in [-0.25, -0.2) is 0 Å². The number of hydrogen-bond donors (Lipinski definition) is 0. The van der Waals surface area contributed by atoms with E-state index in [0.29, 0.717) is 22.2 Å². The molecule has 2 heterocycles. The molecular formula is C42H67GeO2P. The van der Waals surface area contributed by atoms with Crippen LogP contribution in [0.15, 0.2) is 24.3 Å². The fraction of sp³-hybridized carbons (Fsp3) is 0.690. The van der Waals surface area contributed by atoms with Gasteiger partial charge in [-0.15, -0.1) is 0 Å². The quantitative estimate of drug-likeness (QED) is 0.176. The molecule has 2 aromatic carbocycles. The van der Waals surface area contributed by atoms with Gasteiger partial charge < -0.3 is 0 Å². The van der Waals surface area contributed by atoms with Crippen molar-refractivity contribution in [2.75, 3.05) is 7.11 Å². The molecule has 4 heteroatoms. The average molecular weight is 708 g/mol. The zero-order valence-corrected chi connectivity index (χ0v) is 35.9. The van der Waals surface area contributed by atoms with Crippen LogP contribution < -0.4 is 9.70 Å². The van der Waals surface area contributed by atoms with Crippen LogP contribution in [-0.2, 0) is 25.8 Å².